The van der Waals surface area contributed by atoms with Gasteiger partial charge in [-0.1, -0.05) is 0 Å². The number of sulfonamides is 1. The summed E-state index contributed by atoms with van der Waals surface area (Å²) in [5, 5.41) is 6.78. The fraction of sp³-hybridized carbons (Fsp3) is 0.353. The summed E-state index contributed by atoms with van der Waals surface area (Å²) in [7, 11) is -0.972. The second-order valence-corrected chi connectivity index (χ2v) is 7.94. The van der Waals surface area contributed by atoms with E-state index < -0.39 is 39.4 Å². The van der Waals surface area contributed by atoms with Crippen molar-refractivity contribution in [2.75, 3.05) is 12.4 Å². The molecule has 0 aliphatic heterocycles. The third-order valence-corrected chi connectivity index (χ3v) is 5.56. The van der Waals surface area contributed by atoms with Crippen molar-refractivity contribution < 1.29 is 27.1 Å². The molecule has 0 radical (unpaired) electrons. The van der Waals surface area contributed by atoms with Crippen LogP contribution < -0.4 is 10.0 Å². The van der Waals surface area contributed by atoms with E-state index in [-0.39, 0.29) is 4.90 Å². The van der Waals surface area contributed by atoms with Crippen molar-refractivity contribution in [2.24, 2.45) is 7.05 Å². The lowest BCUT2D eigenvalue weighted by Gasteiger charge is -2.14. The number of ether oxygens (including phenoxy) is 1. The highest BCUT2D eigenvalue weighted by atomic mass is 32.2. The van der Waals surface area contributed by atoms with Gasteiger partial charge < -0.3 is 10.1 Å². The molecule has 1 aromatic heterocycles. The van der Waals surface area contributed by atoms with E-state index in [9.17, 15) is 22.4 Å². The highest BCUT2D eigenvalue weighted by Gasteiger charge is 2.24. The Morgan fingerprint density at radius 2 is 1.93 bits per heavy atom. The Hall–Kier alpha value is -2.79. The van der Waals surface area contributed by atoms with Gasteiger partial charge in [0.1, 0.15) is 5.82 Å². The van der Waals surface area contributed by atoms with Gasteiger partial charge >= 0.3 is 5.97 Å². The van der Waals surface area contributed by atoms with Gasteiger partial charge in [0.25, 0.3) is 5.91 Å². The Labute approximate surface area is 161 Å². The SMILES string of the molecule is CNS(=O)(=O)c1ccc(F)c(C(=O)OC(C)C(=O)Nc2c(C)nn(C)c2C)c1. The monoisotopic (exact) mass is 412 g/mol. The minimum absolute atomic E-state index is 0.304. The van der Waals surface area contributed by atoms with Crippen LogP contribution in [-0.2, 0) is 26.6 Å². The summed E-state index contributed by atoms with van der Waals surface area (Å²) >= 11 is 0. The molecule has 0 saturated heterocycles. The summed E-state index contributed by atoms with van der Waals surface area (Å²) in [6.07, 6.45) is -1.25. The first-order chi connectivity index (χ1) is 13.0. The van der Waals surface area contributed by atoms with Crippen molar-refractivity contribution in [1.82, 2.24) is 14.5 Å². The summed E-state index contributed by atoms with van der Waals surface area (Å²) in [6, 6.07) is 2.71. The highest BCUT2D eigenvalue weighted by molar-refractivity contribution is 7.89. The van der Waals surface area contributed by atoms with E-state index in [1.54, 1.807) is 25.6 Å². The molecular weight excluding hydrogens is 391 g/mol. The topological polar surface area (TPSA) is 119 Å². The van der Waals surface area contributed by atoms with Crippen molar-refractivity contribution in [3.8, 4) is 0 Å². The number of rotatable bonds is 6. The number of benzene rings is 1. The lowest BCUT2D eigenvalue weighted by Crippen LogP contribution is -2.30. The number of hydrogen-bond donors (Lipinski definition) is 2. The lowest BCUT2D eigenvalue weighted by molar-refractivity contribution is -0.123. The van der Waals surface area contributed by atoms with Gasteiger partial charge in [0.2, 0.25) is 10.0 Å². The van der Waals surface area contributed by atoms with E-state index in [4.69, 9.17) is 4.74 Å². The second kappa shape index (κ2) is 8.07. The number of aryl methyl sites for hydroxylation is 2. The van der Waals surface area contributed by atoms with E-state index in [0.717, 1.165) is 18.2 Å². The van der Waals surface area contributed by atoms with Gasteiger partial charge in [-0.3, -0.25) is 9.48 Å². The first kappa shape index (κ1) is 21.5. The molecule has 0 aliphatic carbocycles. The Morgan fingerprint density at radius 3 is 2.46 bits per heavy atom. The van der Waals surface area contributed by atoms with Gasteiger partial charge in [-0.15, -0.1) is 0 Å². The molecule has 28 heavy (non-hydrogen) atoms. The largest absolute Gasteiger partial charge is 0.449 e. The maximum absolute atomic E-state index is 14.0. The quantitative estimate of drug-likeness (QED) is 0.690. The number of hydrogen-bond acceptors (Lipinski definition) is 6. The zero-order valence-corrected chi connectivity index (χ0v) is 16.8. The number of halogens is 1. The van der Waals surface area contributed by atoms with Crippen molar-refractivity contribution in [2.45, 2.75) is 31.8 Å². The number of nitrogens with zero attached hydrogens (tertiary/aromatic N) is 2. The molecule has 1 aromatic carbocycles. The minimum atomic E-state index is -3.88. The minimum Gasteiger partial charge on any atom is -0.449 e. The van der Waals surface area contributed by atoms with Crippen molar-refractivity contribution in [3.05, 3.63) is 41.0 Å². The Bertz CT molecular complexity index is 1030. The zero-order chi connectivity index (χ0) is 21.2. The molecule has 2 aromatic rings. The first-order valence-corrected chi connectivity index (χ1v) is 9.71. The maximum atomic E-state index is 14.0. The summed E-state index contributed by atoms with van der Waals surface area (Å²) in [5.74, 6) is -2.76. The molecule has 0 bridgehead atoms. The van der Waals surface area contributed by atoms with Crippen LogP contribution in [0.3, 0.4) is 0 Å². The molecule has 1 amide bonds. The summed E-state index contributed by atoms with van der Waals surface area (Å²) in [6.45, 7) is 4.79. The van der Waals surface area contributed by atoms with Gasteiger partial charge in [0.05, 0.1) is 27.5 Å². The van der Waals surface area contributed by atoms with Crippen LogP contribution in [-0.4, -0.2) is 43.2 Å². The zero-order valence-electron chi connectivity index (χ0n) is 16.0. The predicted molar refractivity (Wildman–Crippen MR) is 98.8 cm³/mol. The van der Waals surface area contributed by atoms with Crippen LogP contribution in [0.15, 0.2) is 23.1 Å². The number of amides is 1. The number of aromatic nitrogens is 2. The van der Waals surface area contributed by atoms with Crippen LogP contribution in [0.1, 0.15) is 28.7 Å². The number of anilines is 1. The van der Waals surface area contributed by atoms with E-state index in [0.29, 0.717) is 17.1 Å². The van der Waals surface area contributed by atoms with Gasteiger partial charge in [0.15, 0.2) is 6.10 Å². The molecule has 0 aliphatic rings. The van der Waals surface area contributed by atoms with E-state index in [2.05, 4.69) is 15.1 Å². The normalized spacial score (nSPS) is 12.5. The van der Waals surface area contributed by atoms with Crippen molar-refractivity contribution in [1.29, 1.82) is 0 Å². The van der Waals surface area contributed by atoms with Crippen LogP contribution in [0.25, 0.3) is 0 Å². The first-order valence-electron chi connectivity index (χ1n) is 8.23. The molecule has 9 nitrogen and oxygen atoms in total. The third-order valence-electron chi connectivity index (χ3n) is 4.15. The summed E-state index contributed by atoms with van der Waals surface area (Å²) in [5.41, 5.74) is 1.19. The molecule has 1 unspecified atom stereocenters. The molecule has 11 heteroatoms. The number of nitrogens with one attached hydrogen (secondary N) is 2. The molecule has 0 saturated carbocycles. The molecule has 1 heterocycles. The predicted octanol–water partition coefficient (Wildman–Crippen LogP) is 1.27. The van der Waals surface area contributed by atoms with Crippen LogP contribution in [0, 0.1) is 19.7 Å². The maximum Gasteiger partial charge on any atom is 0.341 e. The average Bonchev–Trinajstić information content (AvgIpc) is 2.87. The average molecular weight is 412 g/mol. The summed E-state index contributed by atoms with van der Waals surface area (Å²) < 4.78 is 46.3. The molecule has 1 atom stereocenters. The third kappa shape index (κ3) is 4.37. The molecule has 2 N–H and O–H groups in total. The highest BCUT2D eigenvalue weighted by Crippen LogP contribution is 2.20. The molecule has 152 valence electrons. The number of carbonyl (C=O) groups is 2. The number of esters is 1. The standard InChI is InChI=1S/C17H21FN4O5S/c1-9-15(10(2)22(5)21-9)20-16(23)11(3)27-17(24)13-8-12(6-7-14(13)18)28(25,26)19-4/h6-8,11,19H,1-5H3,(H,20,23). The van der Waals surface area contributed by atoms with E-state index in [1.807, 2.05) is 0 Å². The fourth-order valence-electron chi connectivity index (χ4n) is 2.40. The van der Waals surface area contributed by atoms with Gasteiger partial charge in [0, 0.05) is 7.05 Å². The van der Waals surface area contributed by atoms with Crippen LogP contribution in [0.4, 0.5) is 10.1 Å². The van der Waals surface area contributed by atoms with E-state index in [1.165, 1.54) is 14.0 Å². The van der Waals surface area contributed by atoms with Crippen molar-refractivity contribution >= 4 is 27.6 Å². The lowest BCUT2D eigenvalue weighted by atomic mass is 10.2. The number of carbonyl (C=O) groups excluding carboxylic acids is 2. The molecule has 0 spiro atoms. The molecule has 2 rings (SSSR count). The fourth-order valence-corrected chi connectivity index (χ4v) is 3.16. The van der Waals surface area contributed by atoms with Gasteiger partial charge in [-0.2, -0.15) is 5.10 Å². The van der Waals surface area contributed by atoms with Crippen molar-refractivity contribution in [3.63, 3.8) is 0 Å². The second-order valence-electron chi connectivity index (χ2n) is 6.06. The van der Waals surface area contributed by atoms with Gasteiger partial charge in [-0.25, -0.2) is 22.3 Å². The summed E-state index contributed by atoms with van der Waals surface area (Å²) in [4.78, 5) is 24.3. The van der Waals surface area contributed by atoms with Crippen LogP contribution >= 0.6 is 0 Å². The van der Waals surface area contributed by atoms with Gasteiger partial charge in [-0.05, 0) is 46.0 Å². The smallest absolute Gasteiger partial charge is 0.341 e. The molecule has 0 fully saturated rings. The van der Waals surface area contributed by atoms with Crippen LogP contribution in [0.5, 0.6) is 0 Å². The van der Waals surface area contributed by atoms with E-state index >= 15 is 0 Å². The Morgan fingerprint density at radius 1 is 1.29 bits per heavy atom. The van der Waals surface area contributed by atoms with Crippen LogP contribution in [0.2, 0.25) is 0 Å². The Balaban J connectivity index is 2.18. The molecular formula is C17H21FN4O5S. The Kier molecular flexibility index (Phi) is 6.20.